The van der Waals surface area contributed by atoms with E-state index in [1.165, 1.54) is 11.8 Å². The average molecular weight is 208 g/mol. The van der Waals surface area contributed by atoms with Crippen LogP contribution in [-0.4, -0.2) is 29.4 Å². The Morgan fingerprint density at radius 1 is 1.62 bits per heavy atom. The predicted molar refractivity (Wildman–Crippen MR) is 52.6 cm³/mol. The number of aliphatic imine (C=N–C) groups is 1. The summed E-state index contributed by atoms with van der Waals surface area (Å²) < 4.78 is 23.7. The van der Waals surface area contributed by atoms with Crippen molar-refractivity contribution in [3.05, 3.63) is 0 Å². The molecule has 0 radical (unpaired) electrons. The van der Waals surface area contributed by atoms with Crippen molar-refractivity contribution in [2.75, 3.05) is 12.3 Å². The first-order chi connectivity index (χ1) is 5.99. The van der Waals surface area contributed by atoms with Crippen molar-refractivity contribution in [3.8, 4) is 0 Å². The lowest BCUT2D eigenvalue weighted by Crippen LogP contribution is -2.46. The molecular weight excluding hydrogens is 194 g/mol. The largest absolute Gasteiger partial charge is 0.360 e. The summed E-state index contributed by atoms with van der Waals surface area (Å²) in [6.07, 6.45) is -1.31. The summed E-state index contributed by atoms with van der Waals surface area (Å²) in [7, 11) is 0. The lowest BCUT2D eigenvalue weighted by molar-refractivity contribution is 0.158. The van der Waals surface area contributed by atoms with Crippen LogP contribution in [-0.2, 0) is 0 Å². The van der Waals surface area contributed by atoms with Crippen molar-refractivity contribution in [3.63, 3.8) is 0 Å². The van der Waals surface area contributed by atoms with Crippen LogP contribution in [0.15, 0.2) is 4.99 Å². The van der Waals surface area contributed by atoms with Crippen LogP contribution in [0, 0.1) is 0 Å². The summed E-state index contributed by atoms with van der Waals surface area (Å²) in [5, 5.41) is 3.78. The van der Waals surface area contributed by atoms with Gasteiger partial charge in [0.2, 0.25) is 0 Å². The third kappa shape index (κ3) is 3.93. The molecule has 0 aromatic heterocycles. The number of nitrogens with one attached hydrogen (secondary N) is 1. The van der Waals surface area contributed by atoms with Gasteiger partial charge in [-0.2, -0.15) is 0 Å². The predicted octanol–water partition coefficient (Wildman–Crippen LogP) is 2.11. The van der Waals surface area contributed by atoms with Gasteiger partial charge < -0.3 is 5.32 Å². The molecule has 0 aromatic rings. The van der Waals surface area contributed by atoms with Crippen LogP contribution in [0.25, 0.3) is 0 Å². The number of hydrogen-bond acceptors (Lipinski definition) is 2. The van der Waals surface area contributed by atoms with Crippen LogP contribution in [0.2, 0.25) is 0 Å². The van der Waals surface area contributed by atoms with E-state index < -0.39 is 13.0 Å². The highest BCUT2D eigenvalue weighted by Crippen LogP contribution is 2.21. The molecule has 2 nitrogen and oxygen atoms in total. The highest BCUT2D eigenvalue weighted by molar-refractivity contribution is 8.13. The summed E-state index contributed by atoms with van der Waals surface area (Å²) in [4.78, 5) is 3.80. The first-order valence-corrected chi connectivity index (χ1v) is 5.22. The topological polar surface area (TPSA) is 24.4 Å². The lowest BCUT2D eigenvalue weighted by atomic mass is 10.0. The molecule has 0 aliphatic carbocycles. The van der Waals surface area contributed by atoms with Crippen LogP contribution in [0.4, 0.5) is 8.78 Å². The Bertz CT molecular complexity index is 204. The minimum Gasteiger partial charge on any atom is -0.360 e. The molecule has 1 saturated heterocycles. The number of rotatable bonds is 2. The molecule has 0 unspecified atom stereocenters. The molecule has 1 aliphatic heterocycles. The van der Waals surface area contributed by atoms with Gasteiger partial charge in [0.1, 0.15) is 6.54 Å². The zero-order valence-corrected chi connectivity index (χ0v) is 8.63. The third-order valence-electron chi connectivity index (χ3n) is 1.78. The van der Waals surface area contributed by atoms with Crippen molar-refractivity contribution in [1.29, 1.82) is 0 Å². The van der Waals surface area contributed by atoms with Crippen LogP contribution in [0.3, 0.4) is 0 Å². The molecule has 0 spiro atoms. The van der Waals surface area contributed by atoms with Crippen molar-refractivity contribution < 1.29 is 8.78 Å². The van der Waals surface area contributed by atoms with Gasteiger partial charge in [0, 0.05) is 11.3 Å². The molecule has 1 heterocycles. The molecule has 5 heteroatoms. The normalized spacial score (nSPS) is 24.8. The summed E-state index contributed by atoms with van der Waals surface area (Å²) in [5.74, 6) is 0.946. The molecule has 0 amide bonds. The van der Waals surface area contributed by atoms with E-state index in [2.05, 4.69) is 10.3 Å². The third-order valence-corrected chi connectivity index (χ3v) is 2.70. The van der Waals surface area contributed by atoms with E-state index >= 15 is 0 Å². The highest BCUT2D eigenvalue weighted by Gasteiger charge is 2.24. The standard InChI is InChI=1S/C8H14F2N2S/c1-8(2)3-4-13-7(12-8)11-5-6(9)10/h6H,3-5H2,1-2H3,(H,11,12). The SMILES string of the molecule is CC1(C)CCSC(=NCC(F)F)N1. The fraction of sp³-hybridized carbons (Fsp3) is 0.875. The van der Waals surface area contributed by atoms with Crippen molar-refractivity contribution >= 4 is 16.9 Å². The van der Waals surface area contributed by atoms with E-state index in [0.717, 1.165) is 12.2 Å². The smallest absolute Gasteiger partial charge is 0.257 e. The molecule has 1 fully saturated rings. The molecular formula is C8H14F2N2S. The van der Waals surface area contributed by atoms with E-state index in [0.29, 0.717) is 5.17 Å². The number of thioether (sulfide) groups is 1. The minimum atomic E-state index is -2.35. The maximum atomic E-state index is 11.8. The van der Waals surface area contributed by atoms with Gasteiger partial charge in [-0.3, -0.25) is 4.99 Å². The first kappa shape index (κ1) is 10.8. The van der Waals surface area contributed by atoms with E-state index in [4.69, 9.17) is 0 Å². The Morgan fingerprint density at radius 3 is 2.85 bits per heavy atom. The number of amidine groups is 1. The Balaban J connectivity index is 2.46. The summed E-state index contributed by atoms with van der Waals surface area (Å²) >= 11 is 1.51. The van der Waals surface area contributed by atoms with Crippen LogP contribution >= 0.6 is 11.8 Å². The van der Waals surface area contributed by atoms with Crippen molar-refractivity contribution in [1.82, 2.24) is 5.32 Å². The number of hydrogen-bond donors (Lipinski definition) is 1. The first-order valence-electron chi connectivity index (χ1n) is 4.23. The Kier molecular flexibility index (Phi) is 3.53. The van der Waals surface area contributed by atoms with Gasteiger partial charge >= 0.3 is 0 Å². The van der Waals surface area contributed by atoms with Gasteiger partial charge in [-0.15, -0.1) is 0 Å². The molecule has 0 saturated carbocycles. The van der Waals surface area contributed by atoms with E-state index in [9.17, 15) is 8.78 Å². The quantitative estimate of drug-likeness (QED) is 0.751. The Hall–Kier alpha value is -0.320. The van der Waals surface area contributed by atoms with Crippen LogP contribution < -0.4 is 5.32 Å². The molecule has 1 N–H and O–H groups in total. The zero-order chi connectivity index (χ0) is 9.90. The molecule has 1 rings (SSSR count). The summed E-state index contributed by atoms with van der Waals surface area (Å²) in [6, 6.07) is 0. The zero-order valence-electron chi connectivity index (χ0n) is 7.81. The van der Waals surface area contributed by atoms with Crippen LogP contribution in [0.1, 0.15) is 20.3 Å². The van der Waals surface area contributed by atoms with E-state index in [-0.39, 0.29) is 5.54 Å². The maximum Gasteiger partial charge on any atom is 0.257 e. The molecule has 13 heavy (non-hydrogen) atoms. The molecule has 0 atom stereocenters. The molecule has 0 bridgehead atoms. The highest BCUT2D eigenvalue weighted by atomic mass is 32.2. The molecule has 76 valence electrons. The van der Waals surface area contributed by atoms with Gasteiger partial charge in [0.15, 0.2) is 5.17 Å². The second kappa shape index (κ2) is 4.26. The van der Waals surface area contributed by atoms with Gasteiger partial charge in [-0.25, -0.2) is 8.78 Å². The van der Waals surface area contributed by atoms with Crippen molar-refractivity contribution in [2.24, 2.45) is 4.99 Å². The number of alkyl halides is 2. The summed E-state index contributed by atoms with van der Waals surface area (Å²) in [6.45, 7) is 3.70. The minimum absolute atomic E-state index is 0.00773. The van der Waals surface area contributed by atoms with Gasteiger partial charge in [-0.1, -0.05) is 11.8 Å². The maximum absolute atomic E-state index is 11.8. The molecule has 1 aliphatic rings. The fourth-order valence-corrected chi connectivity index (χ4v) is 2.35. The second-order valence-electron chi connectivity index (χ2n) is 3.64. The van der Waals surface area contributed by atoms with Crippen LogP contribution in [0.5, 0.6) is 0 Å². The fourth-order valence-electron chi connectivity index (χ4n) is 1.03. The summed E-state index contributed by atoms with van der Waals surface area (Å²) in [5.41, 5.74) is -0.00773. The van der Waals surface area contributed by atoms with Gasteiger partial charge in [0.25, 0.3) is 6.43 Å². The number of nitrogens with zero attached hydrogens (tertiary/aromatic N) is 1. The Morgan fingerprint density at radius 2 is 2.31 bits per heavy atom. The Labute approximate surface area is 81.2 Å². The lowest BCUT2D eigenvalue weighted by Gasteiger charge is -2.32. The monoisotopic (exact) mass is 208 g/mol. The molecule has 0 aromatic carbocycles. The van der Waals surface area contributed by atoms with Crippen molar-refractivity contribution in [2.45, 2.75) is 32.2 Å². The number of halogens is 2. The van der Waals surface area contributed by atoms with E-state index in [1.54, 1.807) is 0 Å². The average Bonchev–Trinajstić information content (AvgIpc) is 1.99. The van der Waals surface area contributed by atoms with E-state index in [1.807, 2.05) is 13.8 Å². The van der Waals surface area contributed by atoms with Gasteiger partial charge in [0.05, 0.1) is 0 Å². The van der Waals surface area contributed by atoms with Gasteiger partial charge in [-0.05, 0) is 20.3 Å². The second-order valence-corrected chi connectivity index (χ2v) is 4.73.